The van der Waals surface area contributed by atoms with Crippen LogP contribution >= 0.6 is 0 Å². The zero-order chi connectivity index (χ0) is 18.5. The number of methoxy groups -OCH3 is 2. The molecule has 136 valence electrons. The van der Waals surface area contributed by atoms with Crippen LogP contribution in [-0.2, 0) is 4.79 Å². The highest BCUT2D eigenvalue weighted by molar-refractivity contribution is 5.97. The van der Waals surface area contributed by atoms with Gasteiger partial charge in [-0.1, -0.05) is 12.1 Å². The first-order valence-electron chi connectivity index (χ1n) is 8.25. The van der Waals surface area contributed by atoms with Gasteiger partial charge in [-0.25, -0.2) is 4.79 Å². The van der Waals surface area contributed by atoms with Crippen LogP contribution in [0, 0.1) is 0 Å². The molecule has 2 aromatic rings. The predicted octanol–water partition coefficient (Wildman–Crippen LogP) is 2.63. The maximum absolute atomic E-state index is 12.3. The molecule has 3 amide bonds. The van der Waals surface area contributed by atoms with Gasteiger partial charge < -0.3 is 25.0 Å². The maximum Gasteiger partial charge on any atom is 0.319 e. The molecule has 0 radical (unpaired) electrons. The Morgan fingerprint density at radius 3 is 2.50 bits per heavy atom. The summed E-state index contributed by atoms with van der Waals surface area (Å²) in [4.78, 5) is 26.2. The molecular formula is C19H21N3O4. The Labute approximate surface area is 151 Å². The minimum absolute atomic E-state index is 0.0371. The van der Waals surface area contributed by atoms with Crippen LogP contribution in [0.15, 0.2) is 48.5 Å². The molecule has 1 atom stereocenters. The molecule has 1 fully saturated rings. The number of urea groups is 1. The van der Waals surface area contributed by atoms with Gasteiger partial charge in [0.1, 0.15) is 11.5 Å². The molecule has 2 aromatic carbocycles. The van der Waals surface area contributed by atoms with Gasteiger partial charge in [-0.15, -0.1) is 0 Å². The van der Waals surface area contributed by atoms with Crippen molar-refractivity contribution in [1.82, 2.24) is 5.32 Å². The van der Waals surface area contributed by atoms with Crippen LogP contribution in [-0.4, -0.2) is 38.7 Å². The monoisotopic (exact) mass is 355 g/mol. The van der Waals surface area contributed by atoms with Crippen molar-refractivity contribution in [3.8, 4) is 11.5 Å². The van der Waals surface area contributed by atoms with E-state index in [0.29, 0.717) is 23.7 Å². The fraction of sp³-hybridized carbons (Fsp3) is 0.263. The number of carbonyl (C=O) groups is 2. The topological polar surface area (TPSA) is 79.9 Å². The molecule has 7 nitrogen and oxygen atoms in total. The number of nitrogens with one attached hydrogen (secondary N) is 2. The van der Waals surface area contributed by atoms with Crippen molar-refractivity contribution >= 4 is 23.3 Å². The van der Waals surface area contributed by atoms with Crippen molar-refractivity contribution in [3.63, 3.8) is 0 Å². The van der Waals surface area contributed by atoms with E-state index in [-0.39, 0.29) is 24.4 Å². The normalized spacial score (nSPS) is 16.3. The van der Waals surface area contributed by atoms with Gasteiger partial charge in [0, 0.05) is 36.5 Å². The van der Waals surface area contributed by atoms with Crippen LogP contribution in [0.2, 0.25) is 0 Å². The number of nitrogens with zero attached hydrogens (tertiary/aromatic N) is 1. The second-order valence-electron chi connectivity index (χ2n) is 5.94. The first-order valence-corrected chi connectivity index (χ1v) is 8.25. The highest BCUT2D eigenvalue weighted by atomic mass is 16.5. The fourth-order valence-corrected chi connectivity index (χ4v) is 2.89. The summed E-state index contributed by atoms with van der Waals surface area (Å²) >= 11 is 0. The molecule has 1 heterocycles. The predicted molar refractivity (Wildman–Crippen MR) is 98.9 cm³/mol. The number of hydrogen-bond acceptors (Lipinski definition) is 4. The summed E-state index contributed by atoms with van der Waals surface area (Å²) < 4.78 is 10.3. The quantitative estimate of drug-likeness (QED) is 0.864. The summed E-state index contributed by atoms with van der Waals surface area (Å²) in [7, 11) is 3.15. The molecule has 0 aromatic heterocycles. The Kier molecular flexibility index (Phi) is 5.26. The van der Waals surface area contributed by atoms with Crippen molar-refractivity contribution in [2.45, 2.75) is 12.5 Å². The van der Waals surface area contributed by atoms with Crippen molar-refractivity contribution in [1.29, 1.82) is 0 Å². The zero-order valence-electron chi connectivity index (χ0n) is 14.7. The highest BCUT2D eigenvalue weighted by Crippen LogP contribution is 2.25. The summed E-state index contributed by atoms with van der Waals surface area (Å²) in [6.45, 7) is 0.414. The van der Waals surface area contributed by atoms with E-state index in [1.807, 2.05) is 18.2 Å². The van der Waals surface area contributed by atoms with Crippen LogP contribution in [0.5, 0.6) is 11.5 Å². The van der Waals surface area contributed by atoms with E-state index in [4.69, 9.17) is 9.47 Å². The molecule has 2 N–H and O–H groups in total. The van der Waals surface area contributed by atoms with Gasteiger partial charge in [0.2, 0.25) is 5.91 Å². The van der Waals surface area contributed by atoms with Gasteiger partial charge in [-0.3, -0.25) is 4.79 Å². The van der Waals surface area contributed by atoms with Gasteiger partial charge in [0.25, 0.3) is 0 Å². The fourth-order valence-electron chi connectivity index (χ4n) is 2.89. The number of ether oxygens (including phenoxy) is 2. The molecule has 0 spiro atoms. The lowest BCUT2D eigenvalue weighted by Crippen LogP contribution is -2.39. The smallest absolute Gasteiger partial charge is 0.319 e. The standard InChI is InChI=1S/C19H21N3O4/c1-25-16-7-3-5-13(9-16)20-19(24)21-14-10-18(23)22(12-14)15-6-4-8-17(11-15)26-2/h3-9,11,14H,10,12H2,1-2H3,(H2,20,21,24)/t14-/m1/s1. The van der Waals surface area contributed by atoms with E-state index in [9.17, 15) is 9.59 Å². The average molecular weight is 355 g/mol. The lowest BCUT2D eigenvalue weighted by molar-refractivity contribution is -0.117. The van der Waals surface area contributed by atoms with E-state index >= 15 is 0 Å². The van der Waals surface area contributed by atoms with Crippen LogP contribution in [0.3, 0.4) is 0 Å². The minimum Gasteiger partial charge on any atom is -0.497 e. The summed E-state index contributed by atoms with van der Waals surface area (Å²) in [5.74, 6) is 1.30. The summed E-state index contributed by atoms with van der Waals surface area (Å²) in [6.07, 6.45) is 0.253. The molecular weight excluding hydrogens is 334 g/mol. The number of hydrogen-bond donors (Lipinski definition) is 2. The Morgan fingerprint density at radius 2 is 1.77 bits per heavy atom. The molecule has 0 unspecified atom stereocenters. The van der Waals surface area contributed by atoms with Crippen LogP contribution in [0.4, 0.5) is 16.2 Å². The van der Waals surface area contributed by atoms with Crippen molar-refractivity contribution in [2.24, 2.45) is 0 Å². The number of carbonyl (C=O) groups excluding carboxylic acids is 2. The molecule has 0 bridgehead atoms. The van der Waals surface area contributed by atoms with Crippen LogP contribution in [0.1, 0.15) is 6.42 Å². The van der Waals surface area contributed by atoms with Crippen molar-refractivity contribution in [3.05, 3.63) is 48.5 Å². The Morgan fingerprint density at radius 1 is 1.08 bits per heavy atom. The summed E-state index contributed by atoms with van der Waals surface area (Å²) in [5, 5.41) is 5.59. The van der Waals surface area contributed by atoms with E-state index < -0.39 is 0 Å². The third-order valence-electron chi connectivity index (χ3n) is 4.15. The molecule has 1 aliphatic heterocycles. The van der Waals surface area contributed by atoms with Gasteiger partial charge >= 0.3 is 6.03 Å². The molecule has 1 aliphatic rings. The maximum atomic E-state index is 12.3. The van der Waals surface area contributed by atoms with Gasteiger partial charge in [0.15, 0.2) is 0 Å². The lowest BCUT2D eigenvalue weighted by Gasteiger charge is -2.18. The molecule has 0 saturated carbocycles. The number of benzene rings is 2. The molecule has 3 rings (SSSR count). The third-order valence-corrected chi connectivity index (χ3v) is 4.15. The highest BCUT2D eigenvalue weighted by Gasteiger charge is 2.31. The second kappa shape index (κ2) is 7.77. The lowest BCUT2D eigenvalue weighted by atomic mass is 10.2. The first kappa shape index (κ1) is 17.6. The van der Waals surface area contributed by atoms with Gasteiger partial charge in [-0.05, 0) is 24.3 Å². The van der Waals surface area contributed by atoms with E-state index in [0.717, 1.165) is 5.69 Å². The second-order valence-corrected chi connectivity index (χ2v) is 5.94. The third kappa shape index (κ3) is 4.05. The number of rotatable bonds is 5. The van der Waals surface area contributed by atoms with E-state index in [2.05, 4.69) is 10.6 Å². The van der Waals surface area contributed by atoms with Crippen LogP contribution in [0.25, 0.3) is 0 Å². The Balaban J connectivity index is 1.60. The summed E-state index contributed by atoms with van der Waals surface area (Å²) in [6, 6.07) is 13.8. The van der Waals surface area contributed by atoms with Gasteiger partial charge in [-0.2, -0.15) is 0 Å². The SMILES string of the molecule is COc1cccc(NC(=O)N[C@@H]2CC(=O)N(c3cccc(OC)c3)C2)c1. The Hall–Kier alpha value is -3.22. The summed E-state index contributed by atoms with van der Waals surface area (Å²) in [5.41, 5.74) is 1.38. The zero-order valence-corrected chi connectivity index (χ0v) is 14.7. The number of anilines is 2. The Bertz CT molecular complexity index is 809. The average Bonchev–Trinajstić information content (AvgIpc) is 3.01. The molecule has 26 heavy (non-hydrogen) atoms. The van der Waals surface area contributed by atoms with E-state index in [1.54, 1.807) is 49.5 Å². The number of amides is 3. The van der Waals surface area contributed by atoms with Crippen molar-refractivity contribution < 1.29 is 19.1 Å². The van der Waals surface area contributed by atoms with Crippen molar-refractivity contribution in [2.75, 3.05) is 31.0 Å². The largest absolute Gasteiger partial charge is 0.497 e. The van der Waals surface area contributed by atoms with E-state index in [1.165, 1.54) is 0 Å². The van der Waals surface area contributed by atoms with Gasteiger partial charge in [0.05, 0.1) is 20.3 Å². The van der Waals surface area contributed by atoms with Crippen LogP contribution < -0.4 is 25.0 Å². The first-order chi connectivity index (χ1) is 12.6. The minimum atomic E-state index is -0.358. The molecule has 7 heteroatoms. The molecule has 0 aliphatic carbocycles. The molecule has 1 saturated heterocycles.